The molecule has 0 saturated carbocycles. The summed E-state index contributed by atoms with van der Waals surface area (Å²) >= 11 is 6.44. The smallest absolute Gasteiger partial charge is 0.416 e. The van der Waals surface area contributed by atoms with Crippen molar-refractivity contribution >= 4 is 57.3 Å². The van der Waals surface area contributed by atoms with Crippen LogP contribution < -0.4 is 9.64 Å². The van der Waals surface area contributed by atoms with E-state index >= 15 is 0 Å². The summed E-state index contributed by atoms with van der Waals surface area (Å²) in [4.78, 5) is 14.7. The van der Waals surface area contributed by atoms with E-state index in [2.05, 4.69) is 10.2 Å². The maximum absolute atomic E-state index is 13.0. The van der Waals surface area contributed by atoms with Crippen molar-refractivity contribution in [1.29, 1.82) is 0 Å². The maximum atomic E-state index is 13.0. The van der Waals surface area contributed by atoms with Crippen LogP contribution in [0.4, 0.5) is 30.2 Å². The predicted octanol–water partition coefficient (Wildman–Crippen LogP) is 7.24. The second kappa shape index (κ2) is 9.88. The molecule has 1 N–H and O–H groups in total. The predicted molar refractivity (Wildman–Crippen MR) is 132 cm³/mol. The number of carbonyl (C=O) groups is 1. The molecule has 178 valence electrons. The third-order valence-corrected chi connectivity index (χ3v) is 6.18. The number of anilines is 1. The zero-order valence-electron chi connectivity index (χ0n) is 18.0. The fourth-order valence-electron chi connectivity index (χ4n) is 3.14. The zero-order valence-corrected chi connectivity index (χ0v) is 19.6. The number of carbonyl (C=O) groups excluding carboxylic acids is 1. The summed E-state index contributed by atoms with van der Waals surface area (Å²) in [7, 11) is 1.54. The van der Waals surface area contributed by atoms with E-state index in [1.165, 1.54) is 48.4 Å². The van der Waals surface area contributed by atoms with Crippen molar-refractivity contribution in [3.05, 3.63) is 82.8 Å². The number of benzene rings is 3. The van der Waals surface area contributed by atoms with Crippen molar-refractivity contribution < 1.29 is 27.8 Å². The standard InChI is InChI=1S/C24H16F3N3O3S2/c1-33-19-8-6-18(7-9-19)30-22(32)21(35-23(30)34)12-14-11-17(5-10-20(14)31)29-28-16-4-2-3-15(13-16)24(25,26)27/h2-13,31H,1H3/b21-12-,29-28?. The summed E-state index contributed by atoms with van der Waals surface area (Å²) in [5.74, 6) is 0.161. The minimum atomic E-state index is -4.49. The number of aromatic hydroxyl groups is 1. The van der Waals surface area contributed by atoms with Gasteiger partial charge in [0.1, 0.15) is 11.5 Å². The normalized spacial score (nSPS) is 15.4. The van der Waals surface area contributed by atoms with Gasteiger partial charge in [0.15, 0.2) is 4.32 Å². The first kappa shape index (κ1) is 24.4. The van der Waals surface area contributed by atoms with Crippen LogP contribution in [0.25, 0.3) is 6.08 Å². The van der Waals surface area contributed by atoms with Gasteiger partial charge in [0.05, 0.1) is 34.6 Å². The maximum Gasteiger partial charge on any atom is 0.416 e. The number of azo groups is 1. The molecule has 1 aliphatic heterocycles. The van der Waals surface area contributed by atoms with E-state index in [0.29, 0.717) is 15.8 Å². The first-order valence-corrected chi connectivity index (χ1v) is 11.2. The Bertz CT molecular complexity index is 1360. The van der Waals surface area contributed by atoms with Gasteiger partial charge in [-0.3, -0.25) is 9.69 Å². The van der Waals surface area contributed by atoms with Crippen LogP contribution in [-0.2, 0) is 11.0 Å². The number of hydrogen-bond donors (Lipinski definition) is 1. The molecular formula is C24H16F3N3O3S2. The molecule has 1 fully saturated rings. The van der Waals surface area contributed by atoms with Gasteiger partial charge >= 0.3 is 6.18 Å². The Morgan fingerprint density at radius 2 is 1.71 bits per heavy atom. The minimum absolute atomic E-state index is 0.0230. The molecule has 0 atom stereocenters. The first-order chi connectivity index (χ1) is 16.7. The number of hydrogen-bond acceptors (Lipinski definition) is 7. The molecule has 3 aromatic rings. The van der Waals surface area contributed by atoms with Gasteiger partial charge in [-0.2, -0.15) is 23.4 Å². The van der Waals surface area contributed by atoms with Crippen LogP contribution in [0.1, 0.15) is 11.1 Å². The molecule has 6 nitrogen and oxygen atoms in total. The Morgan fingerprint density at radius 1 is 1.03 bits per heavy atom. The molecule has 0 radical (unpaired) electrons. The number of halogens is 3. The summed E-state index contributed by atoms with van der Waals surface area (Å²) in [6.45, 7) is 0. The molecule has 1 aliphatic rings. The Hall–Kier alpha value is -3.70. The third-order valence-electron chi connectivity index (χ3n) is 4.88. The van der Waals surface area contributed by atoms with Gasteiger partial charge in [0.25, 0.3) is 5.91 Å². The Morgan fingerprint density at radius 3 is 2.37 bits per heavy atom. The number of amides is 1. The van der Waals surface area contributed by atoms with Gasteiger partial charge in [-0.15, -0.1) is 0 Å². The van der Waals surface area contributed by atoms with E-state index in [4.69, 9.17) is 17.0 Å². The Balaban J connectivity index is 1.58. The van der Waals surface area contributed by atoms with Crippen LogP contribution in [-0.4, -0.2) is 22.4 Å². The fourth-order valence-corrected chi connectivity index (χ4v) is 4.43. The number of methoxy groups -OCH3 is 1. The molecule has 11 heteroatoms. The van der Waals surface area contributed by atoms with Crippen LogP contribution in [0.3, 0.4) is 0 Å². The van der Waals surface area contributed by atoms with Crippen molar-refractivity contribution in [3.63, 3.8) is 0 Å². The second-order valence-corrected chi connectivity index (χ2v) is 8.88. The van der Waals surface area contributed by atoms with Gasteiger partial charge in [-0.05, 0) is 66.7 Å². The molecule has 1 heterocycles. The number of thioether (sulfide) groups is 1. The molecule has 4 rings (SSSR count). The number of rotatable bonds is 5. The van der Waals surface area contributed by atoms with E-state index in [1.807, 2.05) is 0 Å². The van der Waals surface area contributed by atoms with Crippen LogP contribution in [0.2, 0.25) is 0 Å². The van der Waals surface area contributed by atoms with Gasteiger partial charge in [-0.25, -0.2) is 0 Å². The highest BCUT2D eigenvalue weighted by molar-refractivity contribution is 8.27. The van der Waals surface area contributed by atoms with Crippen LogP contribution >= 0.6 is 24.0 Å². The summed E-state index contributed by atoms with van der Waals surface area (Å²) in [5, 5.41) is 18.1. The lowest BCUT2D eigenvalue weighted by Gasteiger charge is -2.14. The van der Waals surface area contributed by atoms with Crippen molar-refractivity contribution in [2.24, 2.45) is 10.2 Å². The van der Waals surface area contributed by atoms with E-state index in [9.17, 15) is 23.1 Å². The molecular weight excluding hydrogens is 499 g/mol. The topological polar surface area (TPSA) is 74.5 Å². The number of thiocarbonyl (C=S) groups is 1. The summed E-state index contributed by atoms with van der Waals surface area (Å²) in [5.41, 5.74) is 0.316. The van der Waals surface area contributed by atoms with E-state index in [-0.39, 0.29) is 33.5 Å². The SMILES string of the molecule is COc1ccc(N2C(=O)/C(=C/c3cc(N=Nc4cccc(C(F)(F)F)c4)ccc3O)SC2=S)cc1. The lowest BCUT2D eigenvalue weighted by molar-refractivity contribution is -0.137. The Kier molecular flexibility index (Phi) is 6.90. The summed E-state index contributed by atoms with van der Waals surface area (Å²) < 4.78 is 44.1. The number of phenols is 1. The van der Waals surface area contributed by atoms with E-state index in [1.54, 1.807) is 24.3 Å². The molecule has 35 heavy (non-hydrogen) atoms. The lowest BCUT2D eigenvalue weighted by Crippen LogP contribution is -2.27. The highest BCUT2D eigenvalue weighted by Gasteiger charge is 2.33. The highest BCUT2D eigenvalue weighted by atomic mass is 32.2. The van der Waals surface area contributed by atoms with Gasteiger partial charge in [0.2, 0.25) is 0 Å². The molecule has 0 aromatic heterocycles. The molecule has 0 aliphatic carbocycles. The molecule has 0 bridgehead atoms. The summed E-state index contributed by atoms with van der Waals surface area (Å²) in [6, 6.07) is 15.6. The third kappa shape index (κ3) is 5.52. The zero-order chi connectivity index (χ0) is 25.2. The molecule has 3 aromatic carbocycles. The Labute approximate surface area is 207 Å². The van der Waals surface area contributed by atoms with Gasteiger partial charge in [0, 0.05) is 5.56 Å². The van der Waals surface area contributed by atoms with Crippen molar-refractivity contribution in [3.8, 4) is 11.5 Å². The van der Waals surface area contributed by atoms with Crippen LogP contribution in [0.5, 0.6) is 11.5 Å². The highest BCUT2D eigenvalue weighted by Crippen LogP contribution is 2.38. The fraction of sp³-hybridized carbons (Fsp3) is 0.0833. The number of nitrogens with zero attached hydrogens (tertiary/aromatic N) is 3. The second-order valence-electron chi connectivity index (χ2n) is 7.21. The van der Waals surface area contributed by atoms with Crippen molar-refractivity contribution in [2.75, 3.05) is 12.0 Å². The van der Waals surface area contributed by atoms with Crippen molar-refractivity contribution in [2.45, 2.75) is 6.18 Å². The van der Waals surface area contributed by atoms with Gasteiger partial charge in [-0.1, -0.05) is 30.0 Å². The largest absolute Gasteiger partial charge is 0.507 e. The van der Waals surface area contributed by atoms with E-state index in [0.717, 1.165) is 23.9 Å². The lowest BCUT2D eigenvalue weighted by atomic mass is 10.1. The quantitative estimate of drug-likeness (QED) is 0.220. The van der Waals surface area contributed by atoms with Crippen molar-refractivity contribution in [1.82, 2.24) is 0 Å². The van der Waals surface area contributed by atoms with E-state index < -0.39 is 11.7 Å². The molecule has 0 spiro atoms. The number of phenolic OH excluding ortho intramolecular Hbond substituents is 1. The number of alkyl halides is 3. The van der Waals surface area contributed by atoms with Crippen LogP contribution in [0.15, 0.2) is 81.9 Å². The van der Waals surface area contributed by atoms with Crippen LogP contribution in [0, 0.1) is 0 Å². The summed E-state index contributed by atoms with van der Waals surface area (Å²) in [6.07, 6.45) is -3.02. The average molecular weight is 516 g/mol. The molecule has 1 amide bonds. The number of ether oxygens (including phenoxy) is 1. The average Bonchev–Trinajstić information content (AvgIpc) is 3.11. The first-order valence-electron chi connectivity index (χ1n) is 10.00. The molecule has 1 saturated heterocycles. The minimum Gasteiger partial charge on any atom is -0.507 e. The molecule has 0 unspecified atom stereocenters. The monoisotopic (exact) mass is 515 g/mol. The van der Waals surface area contributed by atoms with Gasteiger partial charge < -0.3 is 9.84 Å².